The number of nitrogens with one attached hydrogen (secondary N) is 2. The van der Waals surface area contributed by atoms with Crippen LogP contribution in [0.25, 0.3) is 22.2 Å². The average Bonchev–Trinajstić information content (AvgIpc) is 3.30. The Balaban J connectivity index is 1.68. The standard InChI is InChI=1S/C29H28ClF2N3O3S/c1-2-14-39(37,38)35-23-13-12-22(31)25(26(23)32)28(36)24-21-15-19(17-8-10-20(30)11-9-17)16-33-29(21)34-27(24)18-6-4-3-5-7-18/h8-13,15-16,18,35H,2-7,14H2,1H3,(H,33,34). The highest BCUT2D eigenvalue weighted by molar-refractivity contribution is 7.92. The number of nitrogens with zero attached hydrogens (tertiary/aromatic N) is 1. The molecule has 0 atom stereocenters. The second kappa shape index (κ2) is 11.1. The first-order valence-electron chi connectivity index (χ1n) is 13.0. The molecular weight excluding hydrogens is 544 g/mol. The highest BCUT2D eigenvalue weighted by Gasteiger charge is 2.31. The second-order valence-electron chi connectivity index (χ2n) is 9.91. The van der Waals surface area contributed by atoms with Crippen molar-refractivity contribution in [2.45, 2.75) is 51.4 Å². The summed E-state index contributed by atoms with van der Waals surface area (Å²) in [6.45, 7) is 1.67. The lowest BCUT2D eigenvalue weighted by Crippen LogP contribution is -2.19. The van der Waals surface area contributed by atoms with Crippen LogP contribution in [0.3, 0.4) is 0 Å². The third-order valence-corrected chi connectivity index (χ3v) is 8.88. The van der Waals surface area contributed by atoms with E-state index in [9.17, 15) is 13.2 Å². The maximum absolute atomic E-state index is 15.7. The summed E-state index contributed by atoms with van der Waals surface area (Å²) in [4.78, 5) is 21.9. The number of fused-ring (bicyclic) bond motifs is 1. The molecule has 1 saturated carbocycles. The van der Waals surface area contributed by atoms with E-state index in [1.807, 2.05) is 12.1 Å². The van der Waals surface area contributed by atoms with Crippen LogP contribution in [-0.2, 0) is 10.0 Å². The van der Waals surface area contributed by atoms with Crippen LogP contribution in [0, 0.1) is 11.6 Å². The van der Waals surface area contributed by atoms with Gasteiger partial charge in [-0.15, -0.1) is 0 Å². The van der Waals surface area contributed by atoms with Gasteiger partial charge in [-0.1, -0.05) is 49.9 Å². The summed E-state index contributed by atoms with van der Waals surface area (Å²) in [5, 5.41) is 1.02. The summed E-state index contributed by atoms with van der Waals surface area (Å²) in [5.74, 6) is -3.40. The monoisotopic (exact) mass is 571 g/mol. The molecular formula is C29H28ClF2N3O3S. The fourth-order valence-corrected chi connectivity index (χ4v) is 6.54. The van der Waals surface area contributed by atoms with Gasteiger partial charge in [-0.3, -0.25) is 9.52 Å². The number of pyridine rings is 1. The Labute approximate surface area is 230 Å². The number of halogens is 3. The molecule has 1 fully saturated rings. The summed E-state index contributed by atoms with van der Waals surface area (Å²) in [5.41, 5.74) is 1.46. The third kappa shape index (κ3) is 5.56. The predicted octanol–water partition coefficient (Wildman–Crippen LogP) is 7.59. The Bertz CT molecular complexity index is 1650. The molecule has 0 radical (unpaired) electrons. The van der Waals surface area contributed by atoms with Crippen LogP contribution >= 0.6 is 11.6 Å². The van der Waals surface area contributed by atoms with Crippen LogP contribution in [0.15, 0.2) is 48.7 Å². The van der Waals surface area contributed by atoms with E-state index < -0.39 is 38.7 Å². The van der Waals surface area contributed by atoms with Crippen molar-refractivity contribution in [2.75, 3.05) is 10.5 Å². The molecule has 0 spiro atoms. The normalized spacial score (nSPS) is 14.6. The number of H-pyrrole nitrogens is 1. The maximum Gasteiger partial charge on any atom is 0.232 e. The summed E-state index contributed by atoms with van der Waals surface area (Å²) in [6, 6.07) is 10.8. The van der Waals surface area contributed by atoms with Crippen molar-refractivity contribution < 1.29 is 22.0 Å². The number of rotatable bonds is 8. The molecule has 2 aromatic carbocycles. The minimum atomic E-state index is -3.86. The number of aromatic nitrogens is 2. The van der Waals surface area contributed by atoms with E-state index in [1.165, 1.54) is 0 Å². The quantitative estimate of drug-likeness (QED) is 0.213. The van der Waals surface area contributed by atoms with Crippen molar-refractivity contribution in [1.29, 1.82) is 0 Å². The highest BCUT2D eigenvalue weighted by Crippen LogP contribution is 2.39. The number of ketones is 1. The zero-order valence-electron chi connectivity index (χ0n) is 21.4. The Morgan fingerprint density at radius 1 is 1.05 bits per heavy atom. The van der Waals surface area contributed by atoms with E-state index in [0.717, 1.165) is 49.8 Å². The van der Waals surface area contributed by atoms with Gasteiger partial charge in [-0.2, -0.15) is 0 Å². The minimum absolute atomic E-state index is 0.00300. The molecule has 2 aromatic heterocycles. The number of anilines is 1. The number of hydrogen-bond acceptors (Lipinski definition) is 4. The van der Waals surface area contributed by atoms with Crippen LogP contribution < -0.4 is 4.72 Å². The number of carbonyl (C=O) groups is 1. The lowest BCUT2D eigenvalue weighted by Gasteiger charge is -2.22. The SMILES string of the molecule is CCCS(=O)(=O)Nc1ccc(F)c(C(=O)c2c(C3CCCCC3)[nH]c3ncc(-c4ccc(Cl)cc4)cc23)c1F. The molecule has 5 rings (SSSR count). The molecule has 6 nitrogen and oxygen atoms in total. The Hall–Kier alpha value is -3.30. The summed E-state index contributed by atoms with van der Waals surface area (Å²) in [6.07, 6.45) is 6.70. The second-order valence-corrected chi connectivity index (χ2v) is 12.2. The van der Waals surface area contributed by atoms with Gasteiger partial charge < -0.3 is 4.98 Å². The predicted molar refractivity (Wildman–Crippen MR) is 150 cm³/mol. The van der Waals surface area contributed by atoms with Gasteiger partial charge in [0.05, 0.1) is 22.6 Å². The number of benzene rings is 2. The van der Waals surface area contributed by atoms with Crippen molar-refractivity contribution >= 4 is 44.1 Å². The molecule has 0 saturated heterocycles. The molecule has 1 aliphatic rings. The molecule has 204 valence electrons. The number of sulfonamides is 1. The molecule has 10 heteroatoms. The molecule has 2 N–H and O–H groups in total. The molecule has 0 bridgehead atoms. The first-order chi connectivity index (χ1) is 18.7. The summed E-state index contributed by atoms with van der Waals surface area (Å²) < 4.78 is 57.6. The van der Waals surface area contributed by atoms with Crippen LogP contribution in [0.2, 0.25) is 5.02 Å². The van der Waals surface area contributed by atoms with E-state index >= 15 is 8.78 Å². The van der Waals surface area contributed by atoms with Crippen LogP contribution in [0.1, 0.15) is 73.0 Å². The van der Waals surface area contributed by atoms with E-state index in [4.69, 9.17) is 11.6 Å². The van der Waals surface area contributed by atoms with Crippen LogP contribution in [0.5, 0.6) is 0 Å². The zero-order chi connectivity index (χ0) is 27.7. The van der Waals surface area contributed by atoms with E-state index in [1.54, 1.807) is 31.3 Å². The molecule has 0 unspecified atom stereocenters. The van der Waals surface area contributed by atoms with Crippen molar-refractivity contribution in [1.82, 2.24) is 9.97 Å². The van der Waals surface area contributed by atoms with Gasteiger partial charge in [-0.05, 0) is 61.1 Å². The first kappa shape index (κ1) is 27.3. The molecule has 4 aromatic rings. The fraction of sp³-hybridized carbons (Fsp3) is 0.310. The molecule has 0 aliphatic heterocycles. The lowest BCUT2D eigenvalue weighted by molar-refractivity contribution is 0.103. The Morgan fingerprint density at radius 3 is 2.46 bits per heavy atom. The highest BCUT2D eigenvalue weighted by atomic mass is 35.5. The van der Waals surface area contributed by atoms with E-state index in [2.05, 4.69) is 14.7 Å². The average molecular weight is 572 g/mol. The number of carbonyl (C=O) groups excluding carboxylic acids is 1. The van der Waals surface area contributed by atoms with E-state index in [-0.39, 0.29) is 17.2 Å². The molecule has 39 heavy (non-hydrogen) atoms. The maximum atomic E-state index is 15.7. The largest absolute Gasteiger partial charge is 0.342 e. The lowest BCUT2D eigenvalue weighted by atomic mass is 9.84. The topological polar surface area (TPSA) is 91.9 Å². The van der Waals surface area contributed by atoms with Crippen molar-refractivity contribution in [3.63, 3.8) is 0 Å². The third-order valence-electron chi connectivity index (χ3n) is 7.15. The number of aromatic amines is 1. The van der Waals surface area contributed by atoms with Gasteiger partial charge in [0, 0.05) is 27.9 Å². The zero-order valence-corrected chi connectivity index (χ0v) is 22.9. The van der Waals surface area contributed by atoms with Gasteiger partial charge in [0.25, 0.3) is 0 Å². The van der Waals surface area contributed by atoms with Gasteiger partial charge >= 0.3 is 0 Å². The van der Waals surface area contributed by atoms with Gasteiger partial charge in [0.2, 0.25) is 15.8 Å². The molecule has 1 aliphatic carbocycles. The molecule has 0 amide bonds. The Morgan fingerprint density at radius 2 is 1.77 bits per heavy atom. The number of hydrogen-bond donors (Lipinski definition) is 2. The minimum Gasteiger partial charge on any atom is -0.342 e. The smallest absolute Gasteiger partial charge is 0.232 e. The van der Waals surface area contributed by atoms with Crippen molar-refractivity contribution in [2.24, 2.45) is 0 Å². The van der Waals surface area contributed by atoms with Crippen molar-refractivity contribution in [3.8, 4) is 11.1 Å². The Kier molecular flexibility index (Phi) is 7.73. The fourth-order valence-electron chi connectivity index (χ4n) is 5.28. The van der Waals surface area contributed by atoms with Crippen molar-refractivity contribution in [3.05, 3.63) is 82.1 Å². The summed E-state index contributed by atoms with van der Waals surface area (Å²) >= 11 is 6.04. The first-order valence-corrected chi connectivity index (χ1v) is 15.0. The summed E-state index contributed by atoms with van der Waals surface area (Å²) in [7, 11) is -3.86. The van der Waals surface area contributed by atoms with Crippen LogP contribution in [-0.4, -0.2) is 29.9 Å². The van der Waals surface area contributed by atoms with Gasteiger partial charge in [0.15, 0.2) is 5.82 Å². The molecule has 2 heterocycles. The van der Waals surface area contributed by atoms with Gasteiger partial charge in [0.1, 0.15) is 11.5 Å². The van der Waals surface area contributed by atoms with Gasteiger partial charge in [-0.25, -0.2) is 22.2 Å². The van der Waals surface area contributed by atoms with E-state index in [0.29, 0.717) is 33.7 Å². The van der Waals surface area contributed by atoms with Crippen LogP contribution in [0.4, 0.5) is 14.5 Å².